The van der Waals surface area contributed by atoms with Gasteiger partial charge in [-0.15, -0.1) is 0 Å². The van der Waals surface area contributed by atoms with Crippen molar-refractivity contribution in [2.75, 3.05) is 0 Å². The van der Waals surface area contributed by atoms with Crippen molar-refractivity contribution in [1.29, 1.82) is 0 Å². The van der Waals surface area contributed by atoms with Crippen molar-refractivity contribution >= 4 is 6.29 Å². The van der Waals surface area contributed by atoms with Crippen LogP contribution in [-0.2, 0) is 4.79 Å². The highest BCUT2D eigenvalue weighted by Crippen LogP contribution is 2.28. The fraction of sp³-hybridized carbons (Fsp3) is 0.188. The molecule has 2 heteroatoms. The maximum absolute atomic E-state index is 10.6. The normalized spacial score (nSPS) is 12.3. The van der Waals surface area contributed by atoms with Gasteiger partial charge < -0.3 is 9.90 Å². The number of hydrogen-bond acceptors (Lipinski definition) is 2. The van der Waals surface area contributed by atoms with Gasteiger partial charge >= 0.3 is 0 Å². The first-order valence-corrected chi connectivity index (χ1v) is 6.04. The van der Waals surface area contributed by atoms with Crippen LogP contribution in [0.2, 0.25) is 0 Å². The van der Waals surface area contributed by atoms with Crippen LogP contribution in [0.1, 0.15) is 23.5 Å². The lowest BCUT2D eigenvalue weighted by atomic mass is 9.85. The van der Waals surface area contributed by atoms with Gasteiger partial charge in [0.25, 0.3) is 0 Å². The molecule has 0 saturated carbocycles. The van der Waals surface area contributed by atoms with E-state index in [-0.39, 0.29) is 12.3 Å². The maximum atomic E-state index is 10.6. The first-order valence-electron chi connectivity index (χ1n) is 6.04. The van der Waals surface area contributed by atoms with Gasteiger partial charge in [-0.3, -0.25) is 0 Å². The van der Waals surface area contributed by atoms with E-state index >= 15 is 0 Å². The van der Waals surface area contributed by atoms with Crippen molar-refractivity contribution in [3.63, 3.8) is 0 Å². The minimum Gasteiger partial charge on any atom is -0.392 e. The van der Waals surface area contributed by atoms with Crippen molar-refractivity contribution < 1.29 is 9.90 Å². The Labute approximate surface area is 107 Å². The Morgan fingerprint density at radius 1 is 0.889 bits per heavy atom. The molecular weight excluding hydrogens is 224 g/mol. The van der Waals surface area contributed by atoms with E-state index < -0.39 is 6.10 Å². The topological polar surface area (TPSA) is 37.3 Å². The molecule has 0 radical (unpaired) electrons. The van der Waals surface area contributed by atoms with E-state index in [1.54, 1.807) is 0 Å². The fourth-order valence-electron chi connectivity index (χ4n) is 2.19. The van der Waals surface area contributed by atoms with Gasteiger partial charge in [-0.2, -0.15) is 0 Å². The van der Waals surface area contributed by atoms with Crippen LogP contribution in [0.4, 0.5) is 0 Å². The zero-order chi connectivity index (χ0) is 12.8. The summed E-state index contributed by atoms with van der Waals surface area (Å²) in [6.07, 6.45) is 0.227. The fourth-order valence-corrected chi connectivity index (χ4v) is 2.19. The number of benzene rings is 2. The highest BCUT2D eigenvalue weighted by molar-refractivity contribution is 5.51. The number of aldehydes is 1. The second kappa shape index (κ2) is 6.12. The molecule has 2 aromatic rings. The number of rotatable bonds is 5. The SMILES string of the molecule is O=CCC(O)C(c1ccccc1)c1ccccc1. The van der Waals surface area contributed by atoms with E-state index in [0.717, 1.165) is 17.4 Å². The zero-order valence-electron chi connectivity index (χ0n) is 10.1. The summed E-state index contributed by atoms with van der Waals surface area (Å²) >= 11 is 0. The molecule has 0 heterocycles. The molecule has 1 N–H and O–H groups in total. The van der Waals surface area contributed by atoms with E-state index in [1.165, 1.54) is 0 Å². The van der Waals surface area contributed by atoms with Gasteiger partial charge in [0.1, 0.15) is 6.29 Å². The van der Waals surface area contributed by atoms with Gasteiger partial charge in [-0.1, -0.05) is 60.7 Å². The van der Waals surface area contributed by atoms with E-state index in [4.69, 9.17) is 0 Å². The Bertz CT molecular complexity index is 439. The monoisotopic (exact) mass is 240 g/mol. The molecule has 0 saturated heterocycles. The lowest BCUT2D eigenvalue weighted by Gasteiger charge is -2.22. The Hall–Kier alpha value is -1.93. The van der Waals surface area contributed by atoms with Crippen LogP contribution >= 0.6 is 0 Å². The lowest BCUT2D eigenvalue weighted by molar-refractivity contribution is -0.109. The molecule has 18 heavy (non-hydrogen) atoms. The zero-order valence-corrected chi connectivity index (χ0v) is 10.1. The Balaban J connectivity index is 2.38. The minimum atomic E-state index is -0.688. The Morgan fingerprint density at radius 3 is 1.72 bits per heavy atom. The van der Waals surface area contributed by atoms with Crippen LogP contribution in [0.5, 0.6) is 0 Å². The van der Waals surface area contributed by atoms with Crippen LogP contribution in [-0.4, -0.2) is 17.5 Å². The van der Waals surface area contributed by atoms with Crippen molar-refractivity contribution in [2.24, 2.45) is 0 Å². The predicted octanol–water partition coefficient (Wildman–Crippen LogP) is 2.77. The summed E-state index contributed by atoms with van der Waals surface area (Å²) in [5, 5.41) is 10.2. The Morgan fingerprint density at radius 2 is 1.33 bits per heavy atom. The average molecular weight is 240 g/mol. The summed E-state index contributed by atoms with van der Waals surface area (Å²) in [5.41, 5.74) is 2.05. The van der Waals surface area contributed by atoms with E-state index in [1.807, 2.05) is 60.7 Å². The molecule has 92 valence electrons. The van der Waals surface area contributed by atoms with Crippen molar-refractivity contribution in [1.82, 2.24) is 0 Å². The Kier molecular flexibility index (Phi) is 4.26. The maximum Gasteiger partial charge on any atom is 0.122 e. The highest BCUT2D eigenvalue weighted by atomic mass is 16.3. The van der Waals surface area contributed by atoms with Gasteiger partial charge in [0.2, 0.25) is 0 Å². The van der Waals surface area contributed by atoms with Crippen LogP contribution < -0.4 is 0 Å². The first-order chi connectivity index (χ1) is 8.83. The quantitative estimate of drug-likeness (QED) is 0.816. The molecule has 0 aliphatic carbocycles. The molecule has 0 aliphatic heterocycles. The van der Waals surface area contributed by atoms with Crippen LogP contribution in [0.15, 0.2) is 60.7 Å². The van der Waals surface area contributed by atoms with Gasteiger partial charge in [0.15, 0.2) is 0 Å². The molecule has 1 unspecified atom stereocenters. The first kappa shape index (κ1) is 12.5. The molecule has 0 aromatic heterocycles. The third-order valence-electron chi connectivity index (χ3n) is 3.04. The number of carbonyl (C=O) groups excluding carboxylic acids is 1. The smallest absolute Gasteiger partial charge is 0.122 e. The molecule has 2 nitrogen and oxygen atoms in total. The van der Waals surface area contributed by atoms with Crippen LogP contribution in [0.25, 0.3) is 0 Å². The number of aliphatic hydroxyl groups is 1. The summed E-state index contributed by atoms with van der Waals surface area (Å²) in [7, 11) is 0. The van der Waals surface area contributed by atoms with Gasteiger partial charge in [0.05, 0.1) is 6.10 Å². The molecule has 0 fully saturated rings. The van der Waals surface area contributed by atoms with E-state index in [9.17, 15) is 9.90 Å². The second-order valence-corrected chi connectivity index (χ2v) is 4.27. The number of hydrogen-bond donors (Lipinski definition) is 1. The molecule has 0 bridgehead atoms. The number of aliphatic hydroxyl groups excluding tert-OH is 1. The molecular formula is C16H16O2. The van der Waals surface area contributed by atoms with Crippen molar-refractivity contribution in [3.8, 4) is 0 Å². The third-order valence-corrected chi connectivity index (χ3v) is 3.04. The van der Waals surface area contributed by atoms with E-state index in [2.05, 4.69) is 0 Å². The van der Waals surface area contributed by atoms with Gasteiger partial charge in [0, 0.05) is 12.3 Å². The lowest BCUT2D eigenvalue weighted by Crippen LogP contribution is -2.20. The van der Waals surface area contributed by atoms with Gasteiger partial charge in [-0.05, 0) is 11.1 Å². The number of carbonyl (C=O) groups is 1. The van der Waals surface area contributed by atoms with Crippen molar-refractivity contribution in [2.45, 2.75) is 18.4 Å². The molecule has 0 amide bonds. The van der Waals surface area contributed by atoms with E-state index in [0.29, 0.717) is 0 Å². The molecule has 0 spiro atoms. The standard InChI is InChI=1S/C16H16O2/c17-12-11-15(18)16(13-7-3-1-4-8-13)14-9-5-2-6-10-14/h1-10,12,15-16,18H,11H2. The summed E-state index contributed by atoms with van der Waals surface area (Å²) in [4.78, 5) is 10.6. The van der Waals surface area contributed by atoms with Gasteiger partial charge in [-0.25, -0.2) is 0 Å². The molecule has 0 aliphatic rings. The summed E-state index contributed by atoms with van der Waals surface area (Å²) in [5.74, 6) is -0.155. The third kappa shape index (κ3) is 2.84. The van der Waals surface area contributed by atoms with Crippen LogP contribution in [0.3, 0.4) is 0 Å². The van der Waals surface area contributed by atoms with Crippen LogP contribution in [0, 0.1) is 0 Å². The summed E-state index contributed by atoms with van der Waals surface area (Å²) in [6.45, 7) is 0. The summed E-state index contributed by atoms with van der Waals surface area (Å²) in [6, 6.07) is 19.6. The second-order valence-electron chi connectivity index (χ2n) is 4.27. The average Bonchev–Trinajstić information content (AvgIpc) is 2.42. The highest BCUT2D eigenvalue weighted by Gasteiger charge is 2.22. The largest absolute Gasteiger partial charge is 0.392 e. The molecule has 1 atom stereocenters. The minimum absolute atomic E-state index is 0.147. The predicted molar refractivity (Wildman–Crippen MR) is 71.4 cm³/mol. The molecule has 2 rings (SSSR count). The van der Waals surface area contributed by atoms with Crippen molar-refractivity contribution in [3.05, 3.63) is 71.8 Å². The molecule has 2 aromatic carbocycles. The summed E-state index contributed by atoms with van der Waals surface area (Å²) < 4.78 is 0.